The first-order valence-corrected chi connectivity index (χ1v) is 7.91. The Morgan fingerprint density at radius 2 is 1.72 bits per heavy atom. The van der Waals surface area contributed by atoms with Gasteiger partial charge in [-0.3, -0.25) is 10.1 Å². The molecule has 0 heterocycles. The third kappa shape index (κ3) is 4.95. The largest absolute Gasteiger partial charge is 0.444 e. The van der Waals surface area contributed by atoms with Crippen LogP contribution in [0.4, 0.5) is 4.79 Å². The summed E-state index contributed by atoms with van der Waals surface area (Å²) in [5.41, 5.74) is 0.460. The summed E-state index contributed by atoms with van der Waals surface area (Å²) in [7, 11) is 1.36. The van der Waals surface area contributed by atoms with Crippen LogP contribution in [0.1, 0.15) is 22.0 Å². The lowest BCUT2D eigenvalue weighted by Crippen LogP contribution is -2.41. The van der Waals surface area contributed by atoms with E-state index in [2.05, 4.69) is 10.6 Å². The molecule has 2 N–H and O–H groups in total. The molecule has 0 aliphatic heterocycles. The second kappa shape index (κ2) is 8.50. The third-order valence-corrected chi connectivity index (χ3v) is 3.73. The predicted molar refractivity (Wildman–Crippen MR) is 93.7 cm³/mol. The molecular formula is C17H14Cl2N2O4. The number of imide groups is 1. The molecule has 0 aliphatic rings. The van der Waals surface area contributed by atoms with Gasteiger partial charge in [-0.15, -0.1) is 0 Å². The van der Waals surface area contributed by atoms with Crippen molar-refractivity contribution in [2.24, 2.45) is 0 Å². The van der Waals surface area contributed by atoms with Crippen LogP contribution in [0.5, 0.6) is 0 Å². The van der Waals surface area contributed by atoms with Crippen LogP contribution in [0.25, 0.3) is 0 Å². The number of rotatable bonds is 4. The number of urea groups is 1. The van der Waals surface area contributed by atoms with Gasteiger partial charge in [-0.25, -0.2) is 9.59 Å². The van der Waals surface area contributed by atoms with E-state index in [4.69, 9.17) is 27.9 Å². The second-order valence-electron chi connectivity index (χ2n) is 4.89. The molecule has 0 saturated heterocycles. The van der Waals surface area contributed by atoms with E-state index >= 15 is 0 Å². The number of hydrogen-bond donors (Lipinski definition) is 2. The van der Waals surface area contributed by atoms with Crippen molar-refractivity contribution in [3.8, 4) is 0 Å². The molecule has 2 aromatic carbocycles. The summed E-state index contributed by atoms with van der Waals surface area (Å²) in [6.45, 7) is 0. The number of esters is 1. The minimum absolute atomic E-state index is 0.0553. The van der Waals surface area contributed by atoms with Crippen LogP contribution >= 0.6 is 23.2 Å². The first-order chi connectivity index (χ1) is 11.9. The molecule has 2 aromatic rings. The Kier molecular flexibility index (Phi) is 6.38. The van der Waals surface area contributed by atoms with Crippen molar-refractivity contribution in [3.63, 3.8) is 0 Å². The molecule has 0 saturated carbocycles. The molecule has 25 heavy (non-hydrogen) atoms. The highest BCUT2D eigenvalue weighted by atomic mass is 35.5. The van der Waals surface area contributed by atoms with Gasteiger partial charge in [0.2, 0.25) is 6.10 Å². The topological polar surface area (TPSA) is 84.5 Å². The van der Waals surface area contributed by atoms with Gasteiger partial charge in [-0.05, 0) is 18.2 Å². The summed E-state index contributed by atoms with van der Waals surface area (Å²) in [4.78, 5) is 36.1. The Morgan fingerprint density at radius 3 is 2.32 bits per heavy atom. The zero-order chi connectivity index (χ0) is 18.4. The normalized spacial score (nSPS) is 11.3. The number of amides is 3. The van der Waals surface area contributed by atoms with Crippen molar-refractivity contribution >= 4 is 41.1 Å². The van der Waals surface area contributed by atoms with Gasteiger partial charge >= 0.3 is 12.0 Å². The quantitative estimate of drug-likeness (QED) is 0.796. The first-order valence-electron chi connectivity index (χ1n) is 7.16. The van der Waals surface area contributed by atoms with Gasteiger partial charge in [-0.1, -0.05) is 53.5 Å². The fourth-order valence-electron chi connectivity index (χ4n) is 1.97. The standard InChI is InChI=1S/C17H14Cl2N2O4/c1-20-17(24)21-15(22)14(10-5-3-2-4-6-10)25-16(23)12-8-7-11(18)9-13(12)19/h2-9,14H,1H3,(H2,20,21,22,24)/t14-/m0/s1. The second-order valence-corrected chi connectivity index (χ2v) is 5.73. The minimum Gasteiger partial charge on any atom is -0.444 e. The van der Waals surface area contributed by atoms with Crippen LogP contribution in [0, 0.1) is 0 Å². The molecule has 1 atom stereocenters. The molecular weight excluding hydrogens is 367 g/mol. The van der Waals surface area contributed by atoms with Crippen molar-refractivity contribution in [1.29, 1.82) is 0 Å². The van der Waals surface area contributed by atoms with Gasteiger partial charge in [-0.2, -0.15) is 0 Å². The summed E-state index contributed by atoms with van der Waals surface area (Å²) in [6, 6.07) is 11.9. The lowest BCUT2D eigenvalue weighted by molar-refractivity contribution is -0.129. The maximum Gasteiger partial charge on any atom is 0.340 e. The van der Waals surface area contributed by atoms with Crippen LogP contribution in [-0.2, 0) is 9.53 Å². The summed E-state index contributed by atoms with van der Waals surface area (Å²) in [5.74, 6) is -1.61. The van der Waals surface area contributed by atoms with Crippen LogP contribution in [-0.4, -0.2) is 25.0 Å². The molecule has 0 fully saturated rings. The Balaban J connectivity index is 2.28. The highest BCUT2D eigenvalue weighted by molar-refractivity contribution is 6.36. The Labute approximate surface area is 154 Å². The molecule has 0 unspecified atom stereocenters. The number of nitrogens with one attached hydrogen (secondary N) is 2. The molecule has 8 heteroatoms. The highest BCUT2D eigenvalue weighted by Gasteiger charge is 2.27. The van der Waals surface area contributed by atoms with E-state index in [1.54, 1.807) is 30.3 Å². The van der Waals surface area contributed by atoms with Gasteiger partial charge in [0, 0.05) is 17.6 Å². The molecule has 0 bridgehead atoms. The number of carbonyl (C=O) groups excluding carboxylic acids is 3. The number of halogens is 2. The van der Waals surface area contributed by atoms with Crippen LogP contribution in [0.3, 0.4) is 0 Å². The molecule has 6 nitrogen and oxygen atoms in total. The first kappa shape index (κ1) is 18.8. The molecule has 0 radical (unpaired) electrons. The number of ether oxygens (including phenoxy) is 1. The van der Waals surface area contributed by atoms with Gasteiger partial charge in [0.05, 0.1) is 10.6 Å². The van der Waals surface area contributed by atoms with E-state index in [0.29, 0.717) is 10.6 Å². The number of carbonyl (C=O) groups is 3. The van der Waals surface area contributed by atoms with E-state index in [-0.39, 0.29) is 10.6 Å². The van der Waals surface area contributed by atoms with E-state index in [9.17, 15) is 14.4 Å². The summed E-state index contributed by atoms with van der Waals surface area (Å²) < 4.78 is 5.29. The van der Waals surface area contributed by atoms with E-state index in [0.717, 1.165) is 0 Å². The smallest absolute Gasteiger partial charge is 0.340 e. The van der Waals surface area contributed by atoms with Gasteiger partial charge in [0.25, 0.3) is 5.91 Å². The summed E-state index contributed by atoms with van der Waals surface area (Å²) >= 11 is 11.8. The zero-order valence-electron chi connectivity index (χ0n) is 13.1. The fourth-order valence-corrected chi connectivity index (χ4v) is 2.45. The van der Waals surface area contributed by atoms with Crippen LogP contribution in [0.15, 0.2) is 48.5 Å². The Bertz CT molecular complexity index is 796. The molecule has 3 amide bonds. The van der Waals surface area contributed by atoms with Gasteiger partial charge in [0.15, 0.2) is 0 Å². The number of hydrogen-bond acceptors (Lipinski definition) is 4. The lowest BCUT2D eigenvalue weighted by Gasteiger charge is -2.18. The molecule has 0 aliphatic carbocycles. The minimum atomic E-state index is -1.32. The Morgan fingerprint density at radius 1 is 1.04 bits per heavy atom. The maximum atomic E-state index is 12.4. The molecule has 0 aromatic heterocycles. The van der Waals surface area contributed by atoms with Crippen molar-refractivity contribution in [2.45, 2.75) is 6.10 Å². The SMILES string of the molecule is CNC(=O)NC(=O)[C@@H](OC(=O)c1ccc(Cl)cc1Cl)c1ccccc1. The number of benzene rings is 2. The Hall–Kier alpha value is -2.57. The van der Waals surface area contributed by atoms with Crippen molar-refractivity contribution in [1.82, 2.24) is 10.6 Å². The monoisotopic (exact) mass is 380 g/mol. The lowest BCUT2D eigenvalue weighted by atomic mass is 10.1. The molecule has 130 valence electrons. The van der Waals surface area contributed by atoms with Gasteiger partial charge < -0.3 is 10.1 Å². The van der Waals surface area contributed by atoms with Crippen LogP contribution < -0.4 is 10.6 Å². The zero-order valence-corrected chi connectivity index (χ0v) is 14.6. The molecule has 0 spiro atoms. The predicted octanol–water partition coefficient (Wildman–Crippen LogP) is 3.35. The van der Waals surface area contributed by atoms with E-state index in [1.807, 2.05) is 0 Å². The average Bonchev–Trinajstić information content (AvgIpc) is 2.59. The fraction of sp³-hybridized carbons (Fsp3) is 0.118. The van der Waals surface area contributed by atoms with Crippen molar-refractivity contribution in [3.05, 3.63) is 69.7 Å². The van der Waals surface area contributed by atoms with Crippen molar-refractivity contribution in [2.75, 3.05) is 7.05 Å². The van der Waals surface area contributed by atoms with Gasteiger partial charge in [0.1, 0.15) is 0 Å². The molecule has 2 rings (SSSR count). The van der Waals surface area contributed by atoms with Crippen LogP contribution in [0.2, 0.25) is 10.0 Å². The highest BCUT2D eigenvalue weighted by Crippen LogP contribution is 2.25. The van der Waals surface area contributed by atoms with E-state index < -0.39 is 24.0 Å². The maximum absolute atomic E-state index is 12.4. The third-order valence-electron chi connectivity index (χ3n) is 3.18. The summed E-state index contributed by atoms with van der Waals surface area (Å²) in [5, 5.41) is 4.80. The average molecular weight is 381 g/mol. The van der Waals surface area contributed by atoms with Crippen molar-refractivity contribution < 1.29 is 19.1 Å². The van der Waals surface area contributed by atoms with E-state index in [1.165, 1.54) is 25.2 Å². The summed E-state index contributed by atoms with van der Waals surface area (Å²) in [6.07, 6.45) is -1.32.